The Morgan fingerprint density at radius 1 is 1.39 bits per heavy atom. The average molecular weight is 432 g/mol. The molecule has 1 fully saturated rings. The van der Waals surface area contributed by atoms with Crippen molar-refractivity contribution in [2.24, 2.45) is 5.41 Å². The van der Waals surface area contributed by atoms with Crippen LogP contribution in [-0.4, -0.2) is 41.8 Å². The predicted octanol–water partition coefficient (Wildman–Crippen LogP) is 2.30. The molecule has 9 heteroatoms. The van der Waals surface area contributed by atoms with Crippen molar-refractivity contribution in [3.8, 4) is 0 Å². The summed E-state index contributed by atoms with van der Waals surface area (Å²) in [6, 6.07) is 3.53. The van der Waals surface area contributed by atoms with E-state index in [4.69, 9.17) is 4.74 Å². The molecule has 0 radical (unpaired) electrons. The fourth-order valence-electron chi connectivity index (χ4n) is 2.65. The fraction of sp³-hybridized carbons (Fsp3) is 0.571. The van der Waals surface area contributed by atoms with Crippen molar-refractivity contribution < 1.29 is 17.5 Å². The third kappa shape index (κ3) is 5.37. The van der Waals surface area contributed by atoms with E-state index in [0.717, 1.165) is 38.1 Å². The molecule has 0 unspecified atom stereocenters. The zero-order valence-corrected chi connectivity index (χ0v) is 16.0. The van der Waals surface area contributed by atoms with Crippen LogP contribution in [0.1, 0.15) is 12.8 Å². The van der Waals surface area contributed by atoms with Gasteiger partial charge in [-0.2, -0.15) is 0 Å². The topological polar surface area (TPSA) is 67.4 Å². The number of nitrogens with one attached hydrogen (secondary N) is 2. The normalized spacial score (nSPS) is 17.5. The average Bonchev–Trinajstić information content (AvgIpc) is 2.46. The highest BCUT2D eigenvalue weighted by Crippen LogP contribution is 2.29. The fourth-order valence-corrected chi connectivity index (χ4v) is 4.86. The van der Waals surface area contributed by atoms with Crippen LogP contribution in [0.3, 0.4) is 0 Å². The second-order valence-corrected chi connectivity index (χ2v) is 8.17. The Morgan fingerprint density at radius 3 is 2.61 bits per heavy atom. The number of ether oxygens (including phenoxy) is 1. The van der Waals surface area contributed by atoms with E-state index in [0.29, 0.717) is 13.2 Å². The summed E-state index contributed by atoms with van der Waals surface area (Å²) in [5.74, 6) is -0.486. The van der Waals surface area contributed by atoms with Crippen molar-refractivity contribution in [3.05, 3.63) is 28.5 Å². The minimum absolute atomic E-state index is 0. The lowest BCUT2D eigenvalue weighted by atomic mass is 9.80. The lowest BCUT2D eigenvalue weighted by Crippen LogP contribution is -2.47. The summed E-state index contributed by atoms with van der Waals surface area (Å²) in [6.07, 6.45) is 1.68. The summed E-state index contributed by atoms with van der Waals surface area (Å²) in [5, 5.41) is 3.26. The molecule has 23 heavy (non-hydrogen) atoms. The van der Waals surface area contributed by atoms with Gasteiger partial charge in [0.15, 0.2) is 0 Å². The largest absolute Gasteiger partial charge is 0.384 e. The maximum Gasteiger partial charge on any atom is 0.241 e. The number of hydrogen-bond acceptors (Lipinski definition) is 4. The van der Waals surface area contributed by atoms with E-state index in [1.165, 1.54) is 6.07 Å². The van der Waals surface area contributed by atoms with E-state index in [1.807, 2.05) is 0 Å². The molecule has 0 bridgehead atoms. The molecule has 0 aromatic heterocycles. The zero-order valence-electron chi connectivity index (χ0n) is 12.8. The number of methoxy groups -OCH3 is 1. The Labute approximate surface area is 151 Å². The van der Waals surface area contributed by atoms with Crippen LogP contribution in [0.15, 0.2) is 27.6 Å². The van der Waals surface area contributed by atoms with Crippen LogP contribution >= 0.6 is 28.3 Å². The van der Waals surface area contributed by atoms with Crippen LogP contribution in [0.25, 0.3) is 0 Å². The van der Waals surface area contributed by atoms with Gasteiger partial charge < -0.3 is 10.1 Å². The molecule has 0 spiro atoms. The quantitative estimate of drug-likeness (QED) is 0.725. The first-order valence-corrected chi connectivity index (χ1v) is 9.31. The Balaban J connectivity index is 0.00000264. The van der Waals surface area contributed by atoms with Crippen molar-refractivity contribution >= 4 is 38.4 Å². The maximum atomic E-state index is 13.1. The standard InChI is InChI=1S/C14H20BrFN2O3S.ClH/c1-21-10-14(4-6-17-7-5-14)9-18-22(19,20)13-3-2-11(16)8-12(13)15;/h2-3,8,17-18H,4-7,9-10H2,1H3;1H. The highest BCUT2D eigenvalue weighted by molar-refractivity contribution is 9.10. The van der Waals surface area contributed by atoms with Gasteiger partial charge in [-0.3, -0.25) is 0 Å². The van der Waals surface area contributed by atoms with Crippen LogP contribution in [0.2, 0.25) is 0 Å². The van der Waals surface area contributed by atoms with Crippen molar-refractivity contribution in [1.82, 2.24) is 10.0 Å². The molecule has 0 saturated carbocycles. The molecular formula is C14H21BrClFN2O3S. The summed E-state index contributed by atoms with van der Waals surface area (Å²) in [4.78, 5) is 0.0374. The van der Waals surface area contributed by atoms with Gasteiger partial charge in [-0.15, -0.1) is 12.4 Å². The van der Waals surface area contributed by atoms with E-state index in [2.05, 4.69) is 26.0 Å². The van der Waals surface area contributed by atoms with Crippen molar-refractivity contribution in [2.75, 3.05) is 33.4 Å². The van der Waals surface area contributed by atoms with Gasteiger partial charge in [0.2, 0.25) is 10.0 Å². The first-order valence-electron chi connectivity index (χ1n) is 7.03. The van der Waals surface area contributed by atoms with Crippen molar-refractivity contribution in [1.29, 1.82) is 0 Å². The summed E-state index contributed by atoms with van der Waals surface area (Å²) in [6.45, 7) is 2.48. The lowest BCUT2D eigenvalue weighted by molar-refractivity contribution is 0.0577. The van der Waals surface area contributed by atoms with E-state index in [-0.39, 0.29) is 27.2 Å². The molecule has 1 saturated heterocycles. The maximum absolute atomic E-state index is 13.1. The van der Waals surface area contributed by atoms with E-state index < -0.39 is 15.8 Å². The molecule has 1 heterocycles. The molecule has 0 aliphatic carbocycles. The SMILES string of the molecule is COCC1(CNS(=O)(=O)c2ccc(F)cc2Br)CCNCC1.Cl. The van der Waals surface area contributed by atoms with Gasteiger partial charge >= 0.3 is 0 Å². The minimum atomic E-state index is -3.70. The second-order valence-electron chi connectivity index (χ2n) is 5.58. The number of piperidine rings is 1. The van der Waals surface area contributed by atoms with Crippen LogP contribution in [0.4, 0.5) is 4.39 Å². The van der Waals surface area contributed by atoms with Crippen LogP contribution in [0, 0.1) is 11.2 Å². The molecule has 132 valence electrons. The first kappa shape index (κ1) is 20.8. The summed E-state index contributed by atoms with van der Waals surface area (Å²) in [5.41, 5.74) is -0.209. The Hall–Kier alpha value is -0.250. The Kier molecular flexibility index (Phi) is 7.89. The Bertz CT molecular complexity index is 619. The summed E-state index contributed by atoms with van der Waals surface area (Å²) < 4.78 is 46.1. The molecular weight excluding hydrogens is 411 g/mol. The summed E-state index contributed by atoms with van der Waals surface area (Å²) >= 11 is 3.10. The van der Waals surface area contributed by atoms with E-state index >= 15 is 0 Å². The number of hydrogen-bond donors (Lipinski definition) is 2. The molecule has 0 amide bonds. The minimum Gasteiger partial charge on any atom is -0.384 e. The predicted molar refractivity (Wildman–Crippen MR) is 92.9 cm³/mol. The third-order valence-electron chi connectivity index (χ3n) is 3.94. The van der Waals surface area contributed by atoms with Gasteiger partial charge in [0.05, 0.1) is 11.5 Å². The molecule has 0 atom stereocenters. The van der Waals surface area contributed by atoms with Gasteiger partial charge in [-0.25, -0.2) is 17.5 Å². The van der Waals surface area contributed by atoms with Gasteiger partial charge in [-0.1, -0.05) is 0 Å². The molecule has 2 rings (SSSR count). The highest BCUT2D eigenvalue weighted by atomic mass is 79.9. The molecule has 5 nitrogen and oxygen atoms in total. The molecule has 1 aromatic carbocycles. The number of halogens is 3. The smallest absolute Gasteiger partial charge is 0.241 e. The highest BCUT2D eigenvalue weighted by Gasteiger charge is 2.33. The molecule has 1 aliphatic heterocycles. The van der Waals surface area contributed by atoms with Crippen LogP contribution in [0.5, 0.6) is 0 Å². The van der Waals surface area contributed by atoms with Crippen LogP contribution in [-0.2, 0) is 14.8 Å². The second kappa shape index (κ2) is 8.73. The zero-order chi connectivity index (χ0) is 16.2. The summed E-state index contributed by atoms with van der Waals surface area (Å²) in [7, 11) is -2.08. The molecule has 1 aromatic rings. The van der Waals surface area contributed by atoms with E-state index in [9.17, 15) is 12.8 Å². The lowest BCUT2D eigenvalue weighted by Gasteiger charge is -2.37. The monoisotopic (exact) mass is 430 g/mol. The van der Waals surface area contributed by atoms with Crippen molar-refractivity contribution in [3.63, 3.8) is 0 Å². The number of sulfonamides is 1. The first-order chi connectivity index (χ1) is 10.4. The van der Waals surface area contributed by atoms with E-state index in [1.54, 1.807) is 7.11 Å². The van der Waals surface area contributed by atoms with Gasteiger partial charge in [0.25, 0.3) is 0 Å². The Morgan fingerprint density at radius 2 is 2.04 bits per heavy atom. The van der Waals surface area contributed by atoms with Gasteiger partial charge in [0, 0.05) is 23.5 Å². The molecule has 2 N–H and O–H groups in total. The van der Waals surface area contributed by atoms with Gasteiger partial charge in [0.1, 0.15) is 5.82 Å². The molecule has 1 aliphatic rings. The third-order valence-corrected chi connectivity index (χ3v) is 6.31. The van der Waals surface area contributed by atoms with Gasteiger partial charge in [-0.05, 0) is 60.1 Å². The van der Waals surface area contributed by atoms with Crippen LogP contribution < -0.4 is 10.0 Å². The van der Waals surface area contributed by atoms with Crippen molar-refractivity contribution in [2.45, 2.75) is 17.7 Å². The number of benzene rings is 1. The number of rotatable bonds is 6.